The molecule has 2 atom stereocenters. The van der Waals surface area contributed by atoms with Crippen LogP contribution >= 0.6 is 31.9 Å². The summed E-state index contributed by atoms with van der Waals surface area (Å²) in [6.07, 6.45) is 4.87. The molecule has 2 unspecified atom stereocenters. The average Bonchev–Trinajstić information content (AvgIpc) is 2.57. The lowest BCUT2D eigenvalue weighted by atomic mass is 10.1. The van der Waals surface area contributed by atoms with Crippen molar-refractivity contribution < 1.29 is 8.42 Å². The van der Waals surface area contributed by atoms with Gasteiger partial charge in [0.25, 0.3) is 0 Å². The quantitative estimate of drug-likeness (QED) is 0.730. The molecule has 0 aliphatic heterocycles. The van der Waals surface area contributed by atoms with E-state index in [4.69, 9.17) is 5.73 Å². The molecule has 0 aromatic heterocycles. The SMILES string of the molecule is NC1CCCCCC1NS(=O)(=O)c1cc(Br)ccc1Br. The summed E-state index contributed by atoms with van der Waals surface area (Å²) in [7, 11) is -3.57. The van der Waals surface area contributed by atoms with Crippen LogP contribution in [0.3, 0.4) is 0 Å². The summed E-state index contributed by atoms with van der Waals surface area (Å²) in [5.41, 5.74) is 6.08. The van der Waals surface area contributed by atoms with Gasteiger partial charge in [-0.25, -0.2) is 13.1 Å². The van der Waals surface area contributed by atoms with E-state index in [9.17, 15) is 8.42 Å². The largest absolute Gasteiger partial charge is 0.326 e. The van der Waals surface area contributed by atoms with Crippen LogP contribution < -0.4 is 10.5 Å². The fourth-order valence-electron chi connectivity index (χ4n) is 2.43. The molecule has 0 saturated heterocycles. The highest BCUT2D eigenvalue weighted by molar-refractivity contribution is 9.11. The number of halogens is 2. The monoisotopic (exact) mass is 424 g/mol. The Morgan fingerprint density at radius 1 is 1.15 bits per heavy atom. The van der Waals surface area contributed by atoms with E-state index in [0.717, 1.165) is 36.6 Å². The van der Waals surface area contributed by atoms with E-state index in [-0.39, 0.29) is 17.0 Å². The molecule has 1 aliphatic carbocycles. The van der Waals surface area contributed by atoms with Crippen molar-refractivity contribution >= 4 is 41.9 Å². The molecule has 4 nitrogen and oxygen atoms in total. The maximum Gasteiger partial charge on any atom is 0.242 e. The van der Waals surface area contributed by atoms with Crippen LogP contribution in [0.1, 0.15) is 32.1 Å². The van der Waals surface area contributed by atoms with Gasteiger partial charge in [-0.1, -0.05) is 35.2 Å². The highest BCUT2D eigenvalue weighted by Gasteiger charge is 2.27. The van der Waals surface area contributed by atoms with Gasteiger partial charge in [-0.3, -0.25) is 0 Å². The van der Waals surface area contributed by atoms with Gasteiger partial charge in [-0.15, -0.1) is 0 Å². The lowest BCUT2D eigenvalue weighted by Gasteiger charge is -2.23. The van der Waals surface area contributed by atoms with Crippen molar-refractivity contribution in [2.45, 2.75) is 49.1 Å². The number of hydrogen-bond donors (Lipinski definition) is 2. The molecule has 0 spiro atoms. The molecule has 112 valence electrons. The minimum Gasteiger partial charge on any atom is -0.326 e. The molecular formula is C13H18Br2N2O2S. The Morgan fingerprint density at radius 3 is 2.60 bits per heavy atom. The smallest absolute Gasteiger partial charge is 0.242 e. The Kier molecular flexibility index (Phi) is 5.64. The van der Waals surface area contributed by atoms with Gasteiger partial charge in [-0.2, -0.15) is 0 Å². The Morgan fingerprint density at radius 2 is 1.85 bits per heavy atom. The van der Waals surface area contributed by atoms with Crippen LogP contribution in [-0.2, 0) is 10.0 Å². The third-order valence-corrected chi connectivity index (χ3v) is 6.54. The molecule has 20 heavy (non-hydrogen) atoms. The van der Waals surface area contributed by atoms with Crippen molar-refractivity contribution in [3.05, 3.63) is 27.1 Å². The first-order valence-electron chi connectivity index (χ1n) is 6.63. The van der Waals surface area contributed by atoms with Crippen molar-refractivity contribution in [3.8, 4) is 0 Å². The van der Waals surface area contributed by atoms with E-state index < -0.39 is 10.0 Å². The van der Waals surface area contributed by atoms with E-state index >= 15 is 0 Å². The van der Waals surface area contributed by atoms with Gasteiger partial charge in [-0.05, 0) is 47.0 Å². The first kappa shape index (κ1) is 16.4. The molecule has 0 heterocycles. The van der Waals surface area contributed by atoms with Crippen LogP contribution in [0, 0.1) is 0 Å². The highest BCUT2D eigenvalue weighted by Crippen LogP contribution is 2.27. The first-order valence-corrected chi connectivity index (χ1v) is 9.70. The molecule has 2 rings (SSSR count). The summed E-state index contributed by atoms with van der Waals surface area (Å²) in [5.74, 6) is 0. The number of nitrogens with one attached hydrogen (secondary N) is 1. The van der Waals surface area contributed by atoms with Gasteiger partial charge >= 0.3 is 0 Å². The molecular weight excluding hydrogens is 408 g/mol. The third-order valence-electron chi connectivity index (χ3n) is 3.56. The fourth-order valence-corrected chi connectivity index (χ4v) is 5.25. The minimum absolute atomic E-state index is 0.113. The number of hydrogen-bond acceptors (Lipinski definition) is 3. The molecule has 1 aromatic carbocycles. The van der Waals surface area contributed by atoms with Gasteiger partial charge in [0.2, 0.25) is 10.0 Å². The zero-order valence-corrected chi connectivity index (χ0v) is 15.0. The Labute approximate surface area is 136 Å². The van der Waals surface area contributed by atoms with Crippen LogP contribution in [0.2, 0.25) is 0 Å². The van der Waals surface area contributed by atoms with Crippen LogP contribution in [0.25, 0.3) is 0 Å². The summed E-state index contributed by atoms with van der Waals surface area (Å²) in [6.45, 7) is 0. The van der Waals surface area contributed by atoms with E-state index in [0.29, 0.717) is 4.47 Å². The summed E-state index contributed by atoms with van der Waals surface area (Å²) in [4.78, 5) is 0.239. The van der Waals surface area contributed by atoms with Gasteiger partial charge in [0.15, 0.2) is 0 Å². The predicted molar refractivity (Wildman–Crippen MR) is 87.0 cm³/mol. The van der Waals surface area contributed by atoms with E-state index in [1.165, 1.54) is 0 Å². The number of nitrogens with two attached hydrogens (primary N) is 1. The minimum atomic E-state index is -3.57. The third kappa shape index (κ3) is 4.04. The lowest BCUT2D eigenvalue weighted by Crippen LogP contribution is -2.46. The van der Waals surface area contributed by atoms with Crippen LogP contribution in [0.15, 0.2) is 32.0 Å². The van der Waals surface area contributed by atoms with E-state index in [1.54, 1.807) is 18.2 Å². The van der Waals surface area contributed by atoms with E-state index in [2.05, 4.69) is 36.6 Å². The normalized spacial score (nSPS) is 24.4. The second kappa shape index (κ2) is 6.87. The van der Waals surface area contributed by atoms with Gasteiger partial charge in [0.05, 0.1) is 4.90 Å². The molecule has 1 aromatic rings. The summed E-state index contributed by atoms with van der Waals surface area (Å²) >= 11 is 6.59. The second-order valence-electron chi connectivity index (χ2n) is 5.10. The molecule has 0 radical (unpaired) electrons. The molecule has 7 heteroatoms. The molecule has 0 amide bonds. The van der Waals surface area contributed by atoms with E-state index in [1.807, 2.05) is 0 Å². The maximum absolute atomic E-state index is 12.5. The van der Waals surface area contributed by atoms with Crippen molar-refractivity contribution in [3.63, 3.8) is 0 Å². The second-order valence-corrected chi connectivity index (χ2v) is 8.56. The molecule has 1 aliphatic rings. The standard InChI is InChI=1S/C13H18Br2N2O2S/c14-9-6-7-10(15)13(8-9)20(18,19)17-12-5-3-1-2-4-11(12)16/h6-8,11-12,17H,1-5,16H2. The molecule has 1 fully saturated rings. The van der Waals surface area contributed by atoms with Crippen LogP contribution in [0.5, 0.6) is 0 Å². The molecule has 1 saturated carbocycles. The summed E-state index contributed by atoms with van der Waals surface area (Å²) in [6, 6.07) is 4.80. The Balaban J connectivity index is 2.24. The lowest BCUT2D eigenvalue weighted by molar-refractivity contribution is 0.456. The van der Waals surface area contributed by atoms with Gasteiger partial charge < -0.3 is 5.73 Å². The fraction of sp³-hybridized carbons (Fsp3) is 0.538. The zero-order chi connectivity index (χ0) is 14.8. The van der Waals surface area contributed by atoms with Crippen molar-refractivity contribution in [1.29, 1.82) is 0 Å². The molecule has 3 N–H and O–H groups in total. The van der Waals surface area contributed by atoms with Crippen molar-refractivity contribution in [1.82, 2.24) is 4.72 Å². The van der Waals surface area contributed by atoms with Gasteiger partial charge in [0.1, 0.15) is 0 Å². The maximum atomic E-state index is 12.5. The summed E-state index contributed by atoms with van der Waals surface area (Å²) in [5, 5.41) is 0. The number of benzene rings is 1. The Bertz CT molecular complexity index is 578. The number of sulfonamides is 1. The van der Waals surface area contributed by atoms with Crippen LogP contribution in [-0.4, -0.2) is 20.5 Å². The highest BCUT2D eigenvalue weighted by atomic mass is 79.9. The topological polar surface area (TPSA) is 72.2 Å². The van der Waals surface area contributed by atoms with Gasteiger partial charge in [0, 0.05) is 21.0 Å². The Hall–Kier alpha value is 0.0500. The predicted octanol–water partition coefficient (Wildman–Crippen LogP) is 3.15. The van der Waals surface area contributed by atoms with Crippen LogP contribution in [0.4, 0.5) is 0 Å². The van der Waals surface area contributed by atoms with Crippen molar-refractivity contribution in [2.75, 3.05) is 0 Å². The summed E-state index contributed by atoms with van der Waals surface area (Å²) < 4.78 is 29.1. The molecule has 0 bridgehead atoms. The average molecular weight is 426 g/mol. The van der Waals surface area contributed by atoms with Crippen molar-refractivity contribution in [2.24, 2.45) is 5.73 Å². The first-order chi connectivity index (χ1) is 9.40. The number of rotatable bonds is 3. The zero-order valence-electron chi connectivity index (χ0n) is 11.0.